The Balaban J connectivity index is 0.000000298. The van der Waals surface area contributed by atoms with Crippen LogP contribution in [0.15, 0.2) is 61.9 Å². The van der Waals surface area contributed by atoms with Gasteiger partial charge < -0.3 is 9.80 Å². The topological polar surface area (TPSA) is 99.2 Å². The lowest BCUT2D eigenvalue weighted by Gasteiger charge is -2.42. The number of rotatable bonds is 9. The van der Waals surface area contributed by atoms with Crippen LogP contribution in [0.25, 0.3) is 0 Å². The predicted molar refractivity (Wildman–Crippen MR) is 209 cm³/mol. The smallest absolute Gasteiger partial charge is 0.248 e. The molecule has 0 heterocycles. The van der Waals surface area contributed by atoms with Crippen molar-refractivity contribution < 1.29 is 18.0 Å². The molecule has 8 nitrogen and oxygen atoms in total. The molecule has 2 aliphatic carbocycles. The Morgan fingerprint density at radius 2 is 1.25 bits per heavy atom. The third kappa shape index (κ3) is 11.1. The fourth-order valence-corrected chi connectivity index (χ4v) is 6.94. The van der Waals surface area contributed by atoms with Crippen molar-refractivity contribution in [1.29, 1.82) is 0 Å². The number of carbonyl (C=O) groups is 2. The van der Waals surface area contributed by atoms with E-state index in [1.807, 2.05) is 90.1 Å². The van der Waals surface area contributed by atoms with E-state index in [2.05, 4.69) is 54.8 Å². The van der Waals surface area contributed by atoms with Gasteiger partial charge in [-0.05, 0) is 108 Å². The molecular formula is C36H54Br2N4O4S2. The molecule has 1 N–H and O–H groups in total. The van der Waals surface area contributed by atoms with Crippen molar-refractivity contribution in [3.8, 4) is 0 Å². The molecule has 2 aliphatic rings. The van der Waals surface area contributed by atoms with Crippen molar-refractivity contribution in [1.82, 2.24) is 14.5 Å². The fourth-order valence-electron chi connectivity index (χ4n) is 4.61. The third-order valence-corrected chi connectivity index (χ3v) is 12.4. The first-order valence-corrected chi connectivity index (χ1v) is 19.8. The standard InChI is InChI=1S/C18H27BrN2O2S.C15H20BrNOS.C3H7NO/c1-16(2,3)24(23)20-18(15(22)21(5)6,17(4)11-12-17)13-7-9-14(19)10-8-13;1-14(2,3)19(18)17-13(15(4)9-10-15)11-5-7-12(16)8-6-11;1-4(2)3-5/h7-10,20H,11-12H2,1-6H3;5-8H,9-10H2,1-4H3;3H,1-2H3/t18-,24+;19-;/m10./s1. The van der Waals surface area contributed by atoms with Gasteiger partial charge in [-0.1, -0.05) is 70.0 Å². The molecule has 268 valence electrons. The third-order valence-electron chi connectivity index (χ3n) is 8.31. The molecule has 0 spiro atoms. The highest BCUT2D eigenvalue weighted by Crippen LogP contribution is 2.59. The Bertz CT molecular complexity index is 1490. The van der Waals surface area contributed by atoms with Crippen LogP contribution < -0.4 is 4.72 Å². The van der Waals surface area contributed by atoms with Crippen LogP contribution >= 0.6 is 31.9 Å². The van der Waals surface area contributed by atoms with Crippen LogP contribution in [-0.4, -0.2) is 73.9 Å². The van der Waals surface area contributed by atoms with E-state index in [0.717, 1.165) is 57.9 Å². The Kier molecular flexibility index (Phi) is 14.6. The molecule has 2 amide bonds. The molecule has 0 saturated heterocycles. The first-order chi connectivity index (χ1) is 21.9. The maximum absolute atomic E-state index is 13.3. The highest BCUT2D eigenvalue weighted by atomic mass is 79.9. The highest BCUT2D eigenvalue weighted by Gasteiger charge is 2.62. The van der Waals surface area contributed by atoms with Crippen molar-refractivity contribution in [3.05, 3.63) is 68.6 Å². The van der Waals surface area contributed by atoms with Gasteiger partial charge >= 0.3 is 0 Å². The van der Waals surface area contributed by atoms with Crippen LogP contribution in [0.4, 0.5) is 0 Å². The maximum atomic E-state index is 13.3. The van der Waals surface area contributed by atoms with E-state index in [0.29, 0.717) is 0 Å². The second-order valence-electron chi connectivity index (χ2n) is 15.4. The second kappa shape index (κ2) is 16.5. The van der Waals surface area contributed by atoms with Crippen LogP contribution in [0.1, 0.15) is 92.2 Å². The van der Waals surface area contributed by atoms with Crippen LogP contribution in [-0.2, 0) is 37.1 Å². The summed E-state index contributed by atoms with van der Waals surface area (Å²) in [4.78, 5) is 25.8. The van der Waals surface area contributed by atoms with Gasteiger partial charge in [0.05, 0.1) is 26.2 Å². The van der Waals surface area contributed by atoms with Gasteiger partial charge in [0.1, 0.15) is 16.5 Å². The summed E-state index contributed by atoms with van der Waals surface area (Å²) in [6, 6.07) is 15.9. The van der Waals surface area contributed by atoms with Crippen molar-refractivity contribution >= 4 is 71.9 Å². The first-order valence-electron chi connectivity index (χ1n) is 16.0. The summed E-state index contributed by atoms with van der Waals surface area (Å²) in [5, 5.41) is 0. The highest BCUT2D eigenvalue weighted by molar-refractivity contribution is 9.10. The first kappa shape index (κ1) is 42.4. The van der Waals surface area contributed by atoms with Gasteiger partial charge in [0.25, 0.3) is 0 Å². The lowest BCUT2D eigenvalue weighted by molar-refractivity contribution is -0.138. The number of likely N-dealkylation sites (N-methyl/N-ethyl adjacent to an activating group) is 1. The summed E-state index contributed by atoms with van der Waals surface area (Å²) in [7, 11) is 4.31. The van der Waals surface area contributed by atoms with Gasteiger partial charge in [0, 0.05) is 42.6 Å². The SMILES string of the molecule is CC1(C(=N[S@@](=O)C(C)(C)C)c2ccc(Br)cc2)CC1.CN(C)C(=O)[C@](N[S@@](=O)C(C)(C)C)(c1ccc(Br)cc1)C1(C)CC1.CN(C)C=O. The van der Waals surface area contributed by atoms with Crippen LogP contribution in [0.3, 0.4) is 0 Å². The number of carbonyl (C=O) groups excluding carboxylic acids is 2. The Morgan fingerprint density at radius 3 is 1.58 bits per heavy atom. The quantitative estimate of drug-likeness (QED) is 0.206. The average Bonchev–Trinajstić information content (AvgIpc) is 3.93. The molecule has 2 aromatic rings. The minimum Gasteiger partial charge on any atom is -0.351 e. The van der Waals surface area contributed by atoms with Gasteiger partial charge in [-0.15, -0.1) is 0 Å². The molecule has 4 rings (SSSR count). The van der Waals surface area contributed by atoms with E-state index in [-0.39, 0.29) is 21.5 Å². The number of nitrogens with one attached hydrogen (secondary N) is 1. The molecular weight excluding hydrogens is 776 g/mol. The van der Waals surface area contributed by atoms with Crippen LogP contribution in [0, 0.1) is 10.8 Å². The summed E-state index contributed by atoms with van der Waals surface area (Å²) >= 11 is 6.89. The Hall–Kier alpha value is -1.73. The minimum absolute atomic E-state index is 0.0533. The monoisotopic (exact) mass is 828 g/mol. The lowest BCUT2D eigenvalue weighted by atomic mass is 9.76. The lowest BCUT2D eigenvalue weighted by Crippen LogP contribution is -2.61. The number of hydrogen-bond acceptors (Lipinski definition) is 4. The normalized spacial score (nSPS) is 18.8. The van der Waals surface area contributed by atoms with Crippen molar-refractivity contribution in [2.75, 3.05) is 28.2 Å². The van der Waals surface area contributed by atoms with Crippen molar-refractivity contribution in [3.63, 3.8) is 0 Å². The molecule has 0 unspecified atom stereocenters. The van der Waals surface area contributed by atoms with E-state index in [1.54, 1.807) is 33.1 Å². The van der Waals surface area contributed by atoms with Gasteiger partial charge in [-0.2, -0.15) is 4.40 Å². The second-order valence-corrected chi connectivity index (χ2v) is 21.1. The van der Waals surface area contributed by atoms with E-state index >= 15 is 0 Å². The van der Waals surface area contributed by atoms with Crippen molar-refractivity contribution in [2.24, 2.45) is 15.2 Å². The van der Waals surface area contributed by atoms with Crippen LogP contribution in [0.5, 0.6) is 0 Å². The number of amides is 2. The summed E-state index contributed by atoms with van der Waals surface area (Å²) in [6.45, 7) is 15.9. The number of benzene rings is 2. The number of hydrogen-bond donors (Lipinski definition) is 1. The van der Waals surface area contributed by atoms with Gasteiger partial charge in [0.15, 0.2) is 0 Å². The van der Waals surface area contributed by atoms with Crippen LogP contribution in [0.2, 0.25) is 0 Å². The largest absolute Gasteiger partial charge is 0.351 e. The fraction of sp³-hybridized carbons (Fsp3) is 0.583. The van der Waals surface area contributed by atoms with Gasteiger partial charge in [0.2, 0.25) is 12.3 Å². The molecule has 48 heavy (non-hydrogen) atoms. The zero-order valence-corrected chi connectivity index (χ0v) is 35.4. The predicted octanol–water partition coefficient (Wildman–Crippen LogP) is 7.79. The average molecular weight is 831 g/mol. The zero-order chi connectivity index (χ0) is 36.9. The number of nitrogens with zero attached hydrogens (tertiary/aromatic N) is 3. The maximum Gasteiger partial charge on any atom is 0.248 e. The molecule has 3 atom stereocenters. The molecule has 0 bridgehead atoms. The summed E-state index contributed by atoms with van der Waals surface area (Å²) in [5.74, 6) is -0.0533. The van der Waals surface area contributed by atoms with E-state index in [1.165, 1.54) is 4.90 Å². The van der Waals surface area contributed by atoms with Crippen molar-refractivity contribution in [2.45, 2.75) is 96.1 Å². The van der Waals surface area contributed by atoms with E-state index in [4.69, 9.17) is 0 Å². The molecule has 0 radical (unpaired) electrons. The number of halogens is 2. The minimum atomic E-state index is -1.37. The summed E-state index contributed by atoms with van der Waals surface area (Å²) < 4.78 is 34.3. The van der Waals surface area contributed by atoms with Gasteiger partial charge in [-0.25, -0.2) is 13.1 Å². The summed E-state index contributed by atoms with van der Waals surface area (Å²) in [6.07, 6.45) is 4.86. The molecule has 0 aromatic heterocycles. The molecule has 2 aromatic carbocycles. The molecule has 12 heteroatoms. The zero-order valence-electron chi connectivity index (χ0n) is 30.6. The Labute approximate surface area is 310 Å². The summed E-state index contributed by atoms with van der Waals surface area (Å²) in [5.41, 5.74) is 1.81. The molecule has 2 saturated carbocycles. The van der Waals surface area contributed by atoms with E-state index < -0.39 is 32.3 Å². The van der Waals surface area contributed by atoms with E-state index in [9.17, 15) is 18.0 Å². The van der Waals surface area contributed by atoms with Gasteiger partial charge in [-0.3, -0.25) is 9.59 Å². The molecule has 0 aliphatic heterocycles. The Morgan fingerprint density at radius 1 is 0.812 bits per heavy atom. The molecule has 2 fully saturated rings.